The first-order chi connectivity index (χ1) is 5.81. The number of rotatable bonds is 1. The van der Waals surface area contributed by atoms with Crippen molar-refractivity contribution < 1.29 is 5.11 Å². The molecule has 2 aromatic heterocycles. The number of fused-ring (bicyclic) bond motifs is 1. The summed E-state index contributed by atoms with van der Waals surface area (Å²) in [7, 11) is 0. The standard InChI is InChI=1S/C8H7ClN2O/c9-7-4-10-8-3-6(5-12)1-2-11(7)8/h1-4,12H,5H2. The van der Waals surface area contributed by atoms with Crippen LogP contribution in [0.2, 0.25) is 5.15 Å². The minimum absolute atomic E-state index is 0.0287. The Morgan fingerprint density at radius 2 is 2.42 bits per heavy atom. The molecule has 0 saturated carbocycles. The smallest absolute Gasteiger partial charge is 0.138 e. The normalized spacial score (nSPS) is 10.8. The van der Waals surface area contributed by atoms with Crippen molar-refractivity contribution in [1.29, 1.82) is 0 Å². The van der Waals surface area contributed by atoms with Crippen molar-refractivity contribution in [2.45, 2.75) is 6.61 Å². The van der Waals surface area contributed by atoms with Gasteiger partial charge in [0.1, 0.15) is 10.8 Å². The van der Waals surface area contributed by atoms with E-state index in [1.165, 1.54) is 0 Å². The van der Waals surface area contributed by atoms with Gasteiger partial charge in [0, 0.05) is 6.20 Å². The average molecular weight is 183 g/mol. The van der Waals surface area contributed by atoms with Gasteiger partial charge in [-0.05, 0) is 17.7 Å². The van der Waals surface area contributed by atoms with Crippen LogP contribution in [0, 0.1) is 0 Å². The fourth-order valence-corrected chi connectivity index (χ4v) is 1.28. The molecule has 0 aliphatic heterocycles. The van der Waals surface area contributed by atoms with E-state index in [-0.39, 0.29) is 6.61 Å². The van der Waals surface area contributed by atoms with Gasteiger partial charge in [-0.1, -0.05) is 11.6 Å². The molecule has 3 nitrogen and oxygen atoms in total. The molecule has 2 rings (SSSR count). The largest absolute Gasteiger partial charge is 0.392 e. The van der Waals surface area contributed by atoms with Crippen LogP contribution < -0.4 is 0 Å². The molecule has 4 heteroatoms. The molecule has 12 heavy (non-hydrogen) atoms. The second kappa shape index (κ2) is 2.77. The van der Waals surface area contributed by atoms with Gasteiger partial charge in [0.25, 0.3) is 0 Å². The van der Waals surface area contributed by atoms with Gasteiger partial charge in [0.05, 0.1) is 12.8 Å². The number of aromatic nitrogens is 2. The van der Waals surface area contributed by atoms with Crippen molar-refractivity contribution in [3.8, 4) is 0 Å². The first kappa shape index (κ1) is 7.58. The Morgan fingerprint density at radius 1 is 1.58 bits per heavy atom. The third-order valence-corrected chi connectivity index (χ3v) is 1.99. The van der Waals surface area contributed by atoms with Gasteiger partial charge in [0.2, 0.25) is 0 Å². The molecule has 0 aliphatic rings. The van der Waals surface area contributed by atoms with Gasteiger partial charge >= 0.3 is 0 Å². The molecule has 0 unspecified atom stereocenters. The van der Waals surface area contributed by atoms with E-state index in [2.05, 4.69) is 4.98 Å². The quantitative estimate of drug-likeness (QED) is 0.726. The highest BCUT2D eigenvalue weighted by molar-refractivity contribution is 6.29. The Morgan fingerprint density at radius 3 is 3.17 bits per heavy atom. The molecule has 0 bridgehead atoms. The van der Waals surface area contributed by atoms with Crippen LogP contribution in [-0.4, -0.2) is 14.5 Å². The van der Waals surface area contributed by atoms with E-state index < -0.39 is 0 Å². The monoisotopic (exact) mass is 182 g/mol. The van der Waals surface area contributed by atoms with Crippen LogP contribution in [0.4, 0.5) is 0 Å². The average Bonchev–Trinajstić information content (AvgIpc) is 2.47. The highest BCUT2D eigenvalue weighted by Crippen LogP contribution is 2.13. The Bertz CT molecular complexity index is 410. The first-order valence-corrected chi connectivity index (χ1v) is 3.91. The predicted octanol–water partition coefficient (Wildman–Crippen LogP) is 1.48. The van der Waals surface area contributed by atoms with E-state index in [4.69, 9.17) is 16.7 Å². The van der Waals surface area contributed by atoms with Crippen LogP contribution in [0.3, 0.4) is 0 Å². The molecule has 2 aromatic rings. The summed E-state index contributed by atoms with van der Waals surface area (Å²) in [5.74, 6) is 0. The van der Waals surface area contributed by atoms with Crippen molar-refractivity contribution in [1.82, 2.24) is 9.38 Å². The molecule has 0 saturated heterocycles. The maximum Gasteiger partial charge on any atom is 0.138 e. The van der Waals surface area contributed by atoms with Crippen molar-refractivity contribution in [3.05, 3.63) is 35.2 Å². The number of nitrogens with zero attached hydrogens (tertiary/aromatic N) is 2. The second-order valence-electron chi connectivity index (χ2n) is 2.50. The van der Waals surface area contributed by atoms with Gasteiger partial charge < -0.3 is 5.11 Å². The molecular weight excluding hydrogens is 176 g/mol. The van der Waals surface area contributed by atoms with Gasteiger partial charge in [0.15, 0.2) is 0 Å². The zero-order chi connectivity index (χ0) is 8.55. The molecular formula is C8H7ClN2O. The third-order valence-electron chi connectivity index (χ3n) is 1.72. The lowest BCUT2D eigenvalue weighted by atomic mass is 10.3. The predicted molar refractivity (Wildman–Crippen MR) is 46.1 cm³/mol. The molecule has 1 N–H and O–H groups in total. The lowest BCUT2D eigenvalue weighted by Crippen LogP contribution is -1.88. The van der Waals surface area contributed by atoms with Crippen LogP contribution in [0.15, 0.2) is 24.5 Å². The summed E-state index contributed by atoms with van der Waals surface area (Å²) in [6.07, 6.45) is 3.37. The molecule has 0 amide bonds. The van der Waals surface area contributed by atoms with E-state index >= 15 is 0 Å². The van der Waals surface area contributed by atoms with Crippen molar-refractivity contribution in [3.63, 3.8) is 0 Å². The number of halogens is 1. The molecule has 0 aromatic carbocycles. The van der Waals surface area contributed by atoms with E-state index in [0.717, 1.165) is 11.2 Å². The molecule has 0 fully saturated rings. The number of imidazole rings is 1. The van der Waals surface area contributed by atoms with E-state index in [9.17, 15) is 0 Å². The Balaban J connectivity index is 2.69. The molecule has 0 radical (unpaired) electrons. The van der Waals surface area contributed by atoms with Gasteiger partial charge in [-0.3, -0.25) is 4.40 Å². The van der Waals surface area contributed by atoms with E-state index in [1.807, 2.05) is 0 Å². The summed E-state index contributed by atoms with van der Waals surface area (Å²) in [5, 5.41) is 9.41. The number of aliphatic hydroxyl groups is 1. The molecule has 0 aliphatic carbocycles. The number of hydrogen-bond donors (Lipinski definition) is 1. The summed E-state index contributed by atoms with van der Waals surface area (Å²) in [6, 6.07) is 3.60. The van der Waals surface area contributed by atoms with Crippen molar-refractivity contribution in [2.24, 2.45) is 0 Å². The lowest BCUT2D eigenvalue weighted by Gasteiger charge is -1.97. The van der Waals surface area contributed by atoms with Crippen LogP contribution in [0.25, 0.3) is 5.65 Å². The Hall–Kier alpha value is -1.06. The first-order valence-electron chi connectivity index (χ1n) is 3.53. The number of pyridine rings is 1. The zero-order valence-corrected chi connectivity index (χ0v) is 6.99. The summed E-state index contributed by atoms with van der Waals surface area (Å²) in [4.78, 5) is 4.05. The molecule has 2 heterocycles. The van der Waals surface area contributed by atoms with E-state index in [0.29, 0.717) is 5.15 Å². The number of hydrogen-bond acceptors (Lipinski definition) is 2. The summed E-state index contributed by atoms with van der Waals surface area (Å²) < 4.78 is 1.75. The maximum absolute atomic E-state index is 8.83. The van der Waals surface area contributed by atoms with Gasteiger partial charge in [-0.25, -0.2) is 4.98 Å². The highest BCUT2D eigenvalue weighted by atomic mass is 35.5. The van der Waals surface area contributed by atoms with Crippen molar-refractivity contribution >= 4 is 17.2 Å². The number of aliphatic hydroxyl groups excluding tert-OH is 1. The topological polar surface area (TPSA) is 37.5 Å². The Labute approximate surface area is 74.2 Å². The minimum Gasteiger partial charge on any atom is -0.392 e. The lowest BCUT2D eigenvalue weighted by molar-refractivity contribution is 0.282. The molecule has 0 spiro atoms. The summed E-state index contributed by atoms with van der Waals surface area (Å²) in [6.45, 7) is 0.0287. The van der Waals surface area contributed by atoms with Gasteiger partial charge in [-0.2, -0.15) is 0 Å². The summed E-state index contributed by atoms with van der Waals surface area (Å²) in [5.41, 5.74) is 1.59. The fraction of sp³-hybridized carbons (Fsp3) is 0.125. The summed E-state index contributed by atoms with van der Waals surface area (Å²) >= 11 is 5.81. The third kappa shape index (κ3) is 1.07. The molecule has 0 atom stereocenters. The SMILES string of the molecule is OCc1ccn2c(Cl)cnc2c1. The van der Waals surface area contributed by atoms with Crippen LogP contribution in [0.1, 0.15) is 5.56 Å². The maximum atomic E-state index is 8.83. The van der Waals surface area contributed by atoms with Crippen LogP contribution in [-0.2, 0) is 6.61 Å². The van der Waals surface area contributed by atoms with E-state index in [1.54, 1.807) is 28.9 Å². The molecule has 62 valence electrons. The fourth-order valence-electron chi connectivity index (χ4n) is 1.09. The minimum atomic E-state index is 0.0287. The highest BCUT2D eigenvalue weighted by Gasteiger charge is 1.99. The second-order valence-corrected chi connectivity index (χ2v) is 2.89. The van der Waals surface area contributed by atoms with Crippen molar-refractivity contribution in [2.75, 3.05) is 0 Å². The van der Waals surface area contributed by atoms with Crippen LogP contribution in [0.5, 0.6) is 0 Å². The Kier molecular flexibility index (Phi) is 1.75. The zero-order valence-electron chi connectivity index (χ0n) is 6.24. The van der Waals surface area contributed by atoms with Gasteiger partial charge in [-0.15, -0.1) is 0 Å². The van der Waals surface area contributed by atoms with Crippen LogP contribution >= 0.6 is 11.6 Å².